The first-order valence-electron chi connectivity index (χ1n) is 7.41. The van der Waals surface area contributed by atoms with E-state index >= 15 is 0 Å². The van der Waals surface area contributed by atoms with Crippen LogP contribution in [0, 0.1) is 12.7 Å². The second-order valence-corrected chi connectivity index (χ2v) is 5.75. The van der Waals surface area contributed by atoms with Gasteiger partial charge in [-0.1, -0.05) is 18.9 Å². The summed E-state index contributed by atoms with van der Waals surface area (Å²) in [6, 6.07) is 6.33. The zero-order valence-electron chi connectivity index (χ0n) is 12.0. The van der Waals surface area contributed by atoms with Gasteiger partial charge in [0.05, 0.1) is 0 Å². The van der Waals surface area contributed by atoms with E-state index in [1.807, 2.05) is 12.1 Å². The van der Waals surface area contributed by atoms with Crippen LogP contribution in [0.25, 0.3) is 0 Å². The summed E-state index contributed by atoms with van der Waals surface area (Å²) in [6.45, 7) is 5.10. The molecule has 0 amide bonds. The van der Waals surface area contributed by atoms with Gasteiger partial charge in [-0.2, -0.15) is 0 Å². The Morgan fingerprint density at radius 3 is 3.00 bits per heavy atom. The lowest BCUT2D eigenvalue weighted by Crippen LogP contribution is -2.33. The normalized spacial score (nSPS) is 21.7. The molecule has 0 aromatic heterocycles. The molecule has 1 fully saturated rings. The number of benzene rings is 1. The predicted octanol–water partition coefficient (Wildman–Crippen LogP) is 3.86. The molecule has 2 nitrogen and oxygen atoms in total. The van der Waals surface area contributed by atoms with Crippen molar-refractivity contribution in [3.63, 3.8) is 0 Å². The summed E-state index contributed by atoms with van der Waals surface area (Å²) in [5, 5.41) is 7.00. The number of rotatable bonds is 4. The maximum Gasteiger partial charge on any atom is 0.128 e. The van der Waals surface area contributed by atoms with Crippen molar-refractivity contribution in [1.82, 2.24) is 5.32 Å². The monoisotopic (exact) mass is 264 g/mol. The molecular weight excluding hydrogens is 239 g/mol. The molecule has 1 heterocycles. The average molecular weight is 264 g/mol. The van der Waals surface area contributed by atoms with Crippen molar-refractivity contribution in [1.29, 1.82) is 0 Å². The zero-order chi connectivity index (χ0) is 13.7. The second-order valence-electron chi connectivity index (χ2n) is 5.75. The fraction of sp³-hybridized carbons (Fsp3) is 0.625. The highest BCUT2D eigenvalue weighted by Gasteiger charge is 2.15. The Bertz CT molecular complexity index is 398. The third-order valence-electron chi connectivity index (χ3n) is 3.89. The first kappa shape index (κ1) is 14.3. The Hall–Kier alpha value is -1.09. The zero-order valence-corrected chi connectivity index (χ0v) is 12.0. The van der Waals surface area contributed by atoms with E-state index in [9.17, 15) is 4.39 Å². The van der Waals surface area contributed by atoms with Crippen molar-refractivity contribution in [3.05, 3.63) is 29.6 Å². The average Bonchev–Trinajstić information content (AvgIpc) is 2.62. The highest BCUT2D eigenvalue weighted by atomic mass is 19.1. The van der Waals surface area contributed by atoms with Crippen molar-refractivity contribution in [2.75, 3.05) is 11.9 Å². The smallest absolute Gasteiger partial charge is 0.128 e. The molecule has 2 atom stereocenters. The van der Waals surface area contributed by atoms with Crippen LogP contribution >= 0.6 is 0 Å². The van der Waals surface area contributed by atoms with Gasteiger partial charge in [-0.25, -0.2) is 4.39 Å². The molecule has 0 radical (unpaired) electrons. The van der Waals surface area contributed by atoms with Gasteiger partial charge in [-0.15, -0.1) is 0 Å². The fourth-order valence-corrected chi connectivity index (χ4v) is 2.75. The molecule has 1 aliphatic heterocycles. The van der Waals surface area contributed by atoms with Crippen LogP contribution in [0.5, 0.6) is 0 Å². The molecular formula is C16H25FN2. The molecule has 0 bridgehead atoms. The highest BCUT2D eigenvalue weighted by molar-refractivity contribution is 5.45. The number of anilines is 1. The minimum Gasteiger partial charge on any atom is -0.382 e. The topological polar surface area (TPSA) is 24.1 Å². The minimum absolute atomic E-state index is 0.134. The first-order valence-corrected chi connectivity index (χ1v) is 7.41. The largest absolute Gasteiger partial charge is 0.382 e. The van der Waals surface area contributed by atoms with Gasteiger partial charge in [0.15, 0.2) is 0 Å². The molecule has 2 rings (SSSR count). The van der Waals surface area contributed by atoms with E-state index in [1.165, 1.54) is 25.7 Å². The molecule has 3 heteroatoms. The molecule has 1 aliphatic rings. The van der Waals surface area contributed by atoms with E-state index in [2.05, 4.69) is 17.6 Å². The third kappa shape index (κ3) is 4.50. The lowest BCUT2D eigenvalue weighted by Gasteiger charge is -2.22. The van der Waals surface area contributed by atoms with Crippen LogP contribution in [-0.2, 0) is 0 Å². The minimum atomic E-state index is -0.134. The van der Waals surface area contributed by atoms with Crippen LogP contribution in [0.15, 0.2) is 18.2 Å². The lowest BCUT2D eigenvalue weighted by molar-refractivity contribution is 0.456. The molecule has 0 aliphatic carbocycles. The molecule has 0 spiro atoms. The van der Waals surface area contributed by atoms with Gasteiger partial charge in [0.2, 0.25) is 0 Å². The Morgan fingerprint density at radius 1 is 1.37 bits per heavy atom. The summed E-state index contributed by atoms with van der Waals surface area (Å²) in [7, 11) is 0. The van der Waals surface area contributed by atoms with Gasteiger partial charge < -0.3 is 10.6 Å². The third-order valence-corrected chi connectivity index (χ3v) is 3.89. The summed E-state index contributed by atoms with van der Waals surface area (Å²) in [6.07, 6.45) is 6.31. The van der Waals surface area contributed by atoms with Crippen LogP contribution in [0.1, 0.15) is 44.6 Å². The molecule has 1 aromatic rings. The predicted molar refractivity (Wildman–Crippen MR) is 79.1 cm³/mol. The summed E-state index contributed by atoms with van der Waals surface area (Å²) >= 11 is 0. The van der Waals surface area contributed by atoms with Crippen LogP contribution in [-0.4, -0.2) is 18.6 Å². The van der Waals surface area contributed by atoms with Crippen molar-refractivity contribution in [2.24, 2.45) is 0 Å². The summed E-state index contributed by atoms with van der Waals surface area (Å²) in [5.41, 5.74) is 1.58. The van der Waals surface area contributed by atoms with E-state index in [-0.39, 0.29) is 5.82 Å². The number of hydrogen-bond acceptors (Lipinski definition) is 2. The van der Waals surface area contributed by atoms with Gasteiger partial charge in [0.25, 0.3) is 0 Å². The second kappa shape index (κ2) is 6.90. The SMILES string of the molecule is Cc1ccc(NC(C)CC2CCCCCN2)cc1F. The quantitative estimate of drug-likeness (QED) is 0.863. The van der Waals surface area contributed by atoms with Crippen LogP contribution in [0.4, 0.5) is 10.1 Å². The fourth-order valence-electron chi connectivity index (χ4n) is 2.75. The van der Waals surface area contributed by atoms with Gasteiger partial charge >= 0.3 is 0 Å². The van der Waals surface area contributed by atoms with Crippen molar-refractivity contribution in [2.45, 2.75) is 58.0 Å². The number of hydrogen-bond donors (Lipinski definition) is 2. The Kier molecular flexibility index (Phi) is 5.20. The maximum atomic E-state index is 13.5. The Labute approximate surface area is 115 Å². The van der Waals surface area contributed by atoms with Crippen molar-refractivity contribution >= 4 is 5.69 Å². The summed E-state index contributed by atoms with van der Waals surface area (Å²) < 4.78 is 13.5. The van der Waals surface area contributed by atoms with E-state index in [1.54, 1.807) is 13.0 Å². The number of aryl methyl sites for hydroxylation is 1. The Balaban J connectivity index is 1.85. The first-order chi connectivity index (χ1) is 9.15. The standard InChI is InChI=1S/C16H25FN2/c1-12-7-8-15(11-16(12)17)19-13(2)10-14-6-4-3-5-9-18-14/h7-8,11,13-14,18-19H,3-6,9-10H2,1-2H3. The summed E-state index contributed by atoms with van der Waals surface area (Å²) in [4.78, 5) is 0. The van der Waals surface area contributed by atoms with Gasteiger partial charge in [0.1, 0.15) is 5.82 Å². The van der Waals surface area contributed by atoms with Crippen LogP contribution < -0.4 is 10.6 Å². The van der Waals surface area contributed by atoms with Crippen LogP contribution in [0.2, 0.25) is 0 Å². The van der Waals surface area contributed by atoms with Crippen molar-refractivity contribution < 1.29 is 4.39 Å². The summed E-state index contributed by atoms with van der Waals surface area (Å²) in [5.74, 6) is -0.134. The number of halogens is 1. The molecule has 1 aromatic carbocycles. The molecule has 2 N–H and O–H groups in total. The Morgan fingerprint density at radius 2 is 2.21 bits per heavy atom. The molecule has 0 saturated carbocycles. The van der Waals surface area contributed by atoms with E-state index in [0.29, 0.717) is 17.6 Å². The molecule has 106 valence electrons. The van der Waals surface area contributed by atoms with E-state index < -0.39 is 0 Å². The molecule has 1 saturated heterocycles. The highest BCUT2D eigenvalue weighted by Crippen LogP contribution is 2.17. The molecule has 2 unspecified atom stereocenters. The van der Waals surface area contributed by atoms with Crippen LogP contribution in [0.3, 0.4) is 0 Å². The van der Waals surface area contributed by atoms with Gasteiger partial charge in [-0.3, -0.25) is 0 Å². The molecule has 19 heavy (non-hydrogen) atoms. The number of nitrogens with one attached hydrogen (secondary N) is 2. The van der Waals surface area contributed by atoms with Crippen molar-refractivity contribution in [3.8, 4) is 0 Å². The maximum absolute atomic E-state index is 13.5. The lowest BCUT2D eigenvalue weighted by atomic mass is 10.0. The van der Waals surface area contributed by atoms with Gasteiger partial charge in [-0.05, 0) is 57.4 Å². The van der Waals surface area contributed by atoms with E-state index in [4.69, 9.17) is 0 Å². The van der Waals surface area contributed by atoms with E-state index in [0.717, 1.165) is 18.7 Å². The van der Waals surface area contributed by atoms with Gasteiger partial charge in [0, 0.05) is 17.8 Å².